The van der Waals surface area contributed by atoms with Gasteiger partial charge in [-0.1, -0.05) is 0 Å². The first-order valence-corrected chi connectivity index (χ1v) is 4.22. The smallest absolute Gasteiger partial charge is 0.165 e. The third-order valence-electron chi connectivity index (χ3n) is 1.88. The minimum atomic E-state index is -0.963. The Hall–Kier alpha value is -1.20. The van der Waals surface area contributed by atoms with Gasteiger partial charge in [-0.3, -0.25) is 0 Å². The molecule has 0 spiro atoms. The Morgan fingerprint density at radius 1 is 1.50 bits per heavy atom. The number of anilines is 1. The topological polar surface area (TPSA) is 65.4 Å². The van der Waals surface area contributed by atoms with Crippen molar-refractivity contribution in [3.05, 3.63) is 24.1 Å². The zero-order valence-electron chi connectivity index (χ0n) is 7.87. The lowest BCUT2D eigenvalue weighted by atomic mass is 10.1. The number of hydrogen-bond acceptors (Lipinski definition) is 4. The van der Waals surface area contributed by atoms with Gasteiger partial charge in [0.15, 0.2) is 11.6 Å². The van der Waals surface area contributed by atoms with E-state index in [-0.39, 0.29) is 19.0 Å². The van der Waals surface area contributed by atoms with Crippen molar-refractivity contribution in [3.63, 3.8) is 0 Å². The Morgan fingerprint density at radius 2 is 2.14 bits per heavy atom. The monoisotopic (exact) mass is 200 g/mol. The Labute approximate surface area is 81.4 Å². The Kier molecular flexibility index (Phi) is 3.38. The molecule has 0 atom stereocenters. The number of aliphatic hydroxyl groups excluding tert-OH is 2. The summed E-state index contributed by atoms with van der Waals surface area (Å²) in [5.74, 6) is -0.487. The summed E-state index contributed by atoms with van der Waals surface area (Å²) in [6, 6.07) is 2.72. The van der Waals surface area contributed by atoms with Crippen LogP contribution in [0.25, 0.3) is 0 Å². The van der Waals surface area contributed by atoms with Gasteiger partial charge < -0.3 is 15.5 Å². The van der Waals surface area contributed by atoms with Crippen LogP contribution in [0.4, 0.5) is 10.2 Å². The lowest BCUT2D eigenvalue weighted by Gasteiger charge is -2.26. The second kappa shape index (κ2) is 4.34. The van der Waals surface area contributed by atoms with Crippen LogP contribution in [0, 0.1) is 5.82 Å². The van der Waals surface area contributed by atoms with Crippen LogP contribution in [0.15, 0.2) is 18.3 Å². The highest BCUT2D eigenvalue weighted by molar-refractivity contribution is 5.38. The van der Waals surface area contributed by atoms with E-state index in [1.165, 1.54) is 18.3 Å². The van der Waals surface area contributed by atoms with Crippen molar-refractivity contribution >= 4 is 5.82 Å². The Morgan fingerprint density at radius 3 is 2.64 bits per heavy atom. The van der Waals surface area contributed by atoms with Crippen molar-refractivity contribution in [2.45, 2.75) is 12.5 Å². The molecule has 4 nitrogen and oxygen atoms in total. The fourth-order valence-electron chi connectivity index (χ4n) is 0.893. The molecule has 78 valence electrons. The van der Waals surface area contributed by atoms with E-state index >= 15 is 0 Å². The van der Waals surface area contributed by atoms with Gasteiger partial charge in [-0.05, 0) is 19.1 Å². The molecule has 0 saturated heterocycles. The van der Waals surface area contributed by atoms with Crippen molar-refractivity contribution in [1.82, 2.24) is 4.98 Å². The SMILES string of the molecule is CC(CO)(CO)Nc1ncccc1F. The van der Waals surface area contributed by atoms with Gasteiger partial charge in [-0.25, -0.2) is 9.37 Å². The largest absolute Gasteiger partial charge is 0.394 e. The van der Waals surface area contributed by atoms with E-state index in [0.717, 1.165) is 0 Å². The zero-order valence-corrected chi connectivity index (χ0v) is 7.87. The highest BCUT2D eigenvalue weighted by Crippen LogP contribution is 2.15. The second-order valence-electron chi connectivity index (χ2n) is 3.34. The predicted octanol–water partition coefficient (Wildman–Crippen LogP) is 0.376. The van der Waals surface area contributed by atoms with Crippen molar-refractivity contribution in [3.8, 4) is 0 Å². The molecule has 5 heteroatoms. The lowest BCUT2D eigenvalue weighted by molar-refractivity contribution is 0.147. The fraction of sp³-hybridized carbons (Fsp3) is 0.444. The molecule has 0 radical (unpaired) electrons. The van der Waals surface area contributed by atoms with E-state index in [4.69, 9.17) is 10.2 Å². The van der Waals surface area contributed by atoms with Crippen LogP contribution in [-0.2, 0) is 0 Å². The van der Waals surface area contributed by atoms with Crippen LogP contribution in [0.2, 0.25) is 0 Å². The molecule has 0 aliphatic heterocycles. The number of aliphatic hydroxyl groups is 2. The number of nitrogens with zero attached hydrogens (tertiary/aromatic N) is 1. The quantitative estimate of drug-likeness (QED) is 0.657. The van der Waals surface area contributed by atoms with Gasteiger partial charge in [0.05, 0.1) is 18.8 Å². The molecule has 0 bridgehead atoms. The molecular formula is C9H13FN2O2. The average molecular weight is 200 g/mol. The van der Waals surface area contributed by atoms with E-state index in [9.17, 15) is 4.39 Å². The maximum Gasteiger partial charge on any atom is 0.165 e. The molecule has 1 aromatic heterocycles. The summed E-state index contributed by atoms with van der Waals surface area (Å²) >= 11 is 0. The molecule has 0 fully saturated rings. The van der Waals surface area contributed by atoms with Gasteiger partial charge in [0, 0.05) is 6.20 Å². The number of nitrogens with one attached hydrogen (secondary N) is 1. The summed E-state index contributed by atoms with van der Waals surface area (Å²) in [6.45, 7) is 0.958. The first-order valence-electron chi connectivity index (χ1n) is 4.22. The number of pyridine rings is 1. The molecule has 14 heavy (non-hydrogen) atoms. The third-order valence-corrected chi connectivity index (χ3v) is 1.88. The Balaban J connectivity index is 2.82. The molecule has 0 aromatic carbocycles. The van der Waals surface area contributed by atoms with E-state index in [1.807, 2.05) is 0 Å². The van der Waals surface area contributed by atoms with Gasteiger partial charge in [-0.15, -0.1) is 0 Å². The summed E-state index contributed by atoms with van der Waals surface area (Å²) in [5.41, 5.74) is -0.963. The van der Waals surface area contributed by atoms with Crippen molar-refractivity contribution in [2.75, 3.05) is 18.5 Å². The lowest BCUT2D eigenvalue weighted by Crippen LogP contribution is -2.43. The van der Waals surface area contributed by atoms with Gasteiger partial charge in [0.25, 0.3) is 0 Å². The highest BCUT2D eigenvalue weighted by Gasteiger charge is 2.23. The standard InChI is InChI=1S/C9H13FN2O2/c1-9(5-13,6-14)12-8-7(10)3-2-4-11-8/h2-4,13-14H,5-6H2,1H3,(H,11,12). The maximum atomic E-state index is 13.1. The van der Waals surface area contributed by atoms with Gasteiger partial charge in [0.2, 0.25) is 0 Å². The van der Waals surface area contributed by atoms with Crippen LogP contribution in [0.5, 0.6) is 0 Å². The molecule has 1 aromatic rings. The van der Waals surface area contributed by atoms with Crippen LogP contribution >= 0.6 is 0 Å². The van der Waals surface area contributed by atoms with Crippen LogP contribution < -0.4 is 5.32 Å². The number of aromatic nitrogens is 1. The maximum absolute atomic E-state index is 13.1. The molecule has 0 aliphatic carbocycles. The average Bonchev–Trinajstić information content (AvgIpc) is 2.21. The zero-order chi connectivity index (χ0) is 10.6. The van der Waals surface area contributed by atoms with Crippen LogP contribution in [-0.4, -0.2) is 33.9 Å². The summed E-state index contributed by atoms with van der Waals surface area (Å²) in [4.78, 5) is 3.75. The summed E-state index contributed by atoms with van der Waals surface area (Å²) in [6.07, 6.45) is 1.43. The van der Waals surface area contributed by atoms with E-state index in [2.05, 4.69) is 10.3 Å². The van der Waals surface area contributed by atoms with Gasteiger partial charge in [-0.2, -0.15) is 0 Å². The normalized spacial score (nSPS) is 11.4. The first kappa shape index (κ1) is 10.9. The molecule has 3 N–H and O–H groups in total. The minimum Gasteiger partial charge on any atom is -0.394 e. The van der Waals surface area contributed by atoms with Crippen molar-refractivity contribution in [1.29, 1.82) is 0 Å². The molecule has 0 aliphatic rings. The van der Waals surface area contributed by atoms with Crippen molar-refractivity contribution < 1.29 is 14.6 Å². The molecule has 0 saturated carbocycles. The first-order chi connectivity index (χ1) is 6.61. The summed E-state index contributed by atoms with van der Waals surface area (Å²) in [7, 11) is 0. The summed E-state index contributed by atoms with van der Waals surface area (Å²) in [5, 5.41) is 20.6. The molecule has 1 heterocycles. The molecular weight excluding hydrogens is 187 g/mol. The number of rotatable bonds is 4. The third kappa shape index (κ3) is 2.40. The minimum absolute atomic E-state index is 0.0260. The Bertz CT molecular complexity index is 303. The molecule has 0 amide bonds. The molecule has 0 unspecified atom stereocenters. The van der Waals surface area contributed by atoms with Crippen LogP contribution in [0.1, 0.15) is 6.92 Å². The van der Waals surface area contributed by atoms with E-state index in [1.54, 1.807) is 6.92 Å². The van der Waals surface area contributed by atoms with Crippen molar-refractivity contribution in [2.24, 2.45) is 0 Å². The van der Waals surface area contributed by atoms with Gasteiger partial charge in [0.1, 0.15) is 0 Å². The van der Waals surface area contributed by atoms with Crippen LogP contribution in [0.3, 0.4) is 0 Å². The molecule has 1 rings (SSSR count). The summed E-state index contributed by atoms with van der Waals surface area (Å²) < 4.78 is 13.1. The number of halogens is 1. The van der Waals surface area contributed by atoms with E-state index in [0.29, 0.717) is 0 Å². The highest BCUT2D eigenvalue weighted by atomic mass is 19.1. The number of hydrogen-bond donors (Lipinski definition) is 3. The van der Waals surface area contributed by atoms with E-state index < -0.39 is 11.4 Å². The second-order valence-corrected chi connectivity index (χ2v) is 3.34. The van der Waals surface area contributed by atoms with Gasteiger partial charge >= 0.3 is 0 Å². The predicted molar refractivity (Wildman–Crippen MR) is 50.4 cm³/mol. The fourth-order valence-corrected chi connectivity index (χ4v) is 0.893.